The van der Waals surface area contributed by atoms with Gasteiger partial charge in [-0.3, -0.25) is 4.79 Å². The highest BCUT2D eigenvalue weighted by molar-refractivity contribution is 5.71. The number of fused-ring (bicyclic) bond motifs is 1. The van der Waals surface area contributed by atoms with Gasteiger partial charge in [0.1, 0.15) is 23.8 Å². The molecule has 19 heavy (non-hydrogen) atoms. The van der Waals surface area contributed by atoms with Crippen LogP contribution in [0.25, 0.3) is 11.0 Å². The van der Waals surface area contributed by atoms with Crippen molar-refractivity contribution in [2.45, 2.75) is 24.5 Å². The van der Waals surface area contributed by atoms with Crippen molar-refractivity contribution in [1.29, 1.82) is 0 Å². The van der Waals surface area contributed by atoms with Gasteiger partial charge in [0.2, 0.25) is 0 Å². The summed E-state index contributed by atoms with van der Waals surface area (Å²) in [6.45, 7) is -0.444. The van der Waals surface area contributed by atoms with Gasteiger partial charge in [0.05, 0.1) is 12.8 Å². The SMILES string of the molecule is O=c1[nH]ncc2c1nnn2C1OC(CO)C(O)C1O. The second kappa shape index (κ2) is 4.35. The zero-order valence-corrected chi connectivity index (χ0v) is 9.54. The van der Waals surface area contributed by atoms with Crippen LogP contribution in [-0.4, -0.2) is 65.4 Å². The zero-order chi connectivity index (χ0) is 13.6. The van der Waals surface area contributed by atoms with Gasteiger partial charge >= 0.3 is 0 Å². The molecule has 2 aromatic rings. The smallest absolute Gasteiger partial charge is 0.294 e. The Balaban J connectivity index is 2.06. The van der Waals surface area contributed by atoms with Crippen molar-refractivity contribution in [3.63, 3.8) is 0 Å². The third-order valence-corrected chi connectivity index (χ3v) is 3.06. The number of hydrogen-bond acceptors (Lipinski definition) is 8. The van der Waals surface area contributed by atoms with E-state index in [-0.39, 0.29) is 11.0 Å². The number of aromatic nitrogens is 5. The molecule has 2 aromatic heterocycles. The summed E-state index contributed by atoms with van der Waals surface area (Å²) < 4.78 is 6.45. The number of aromatic amines is 1. The van der Waals surface area contributed by atoms with Gasteiger partial charge in [0.25, 0.3) is 5.56 Å². The minimum atomic E-state index is -1.29. The first-order valence-corrected chi connectivity index (χ1v) is 5.54. The molecule has 10 nitrogen and oxygen atoms in total. The van der Waals surface area contributed by atoms with Crippen LogP contribution in [0.3, 0.4) is 0 Å². The molecule has 0 radical (unpaired) electrons. The predicted octanol–water partition coefficient (Wildman–Crippen LogP) is -2.87. The third kappa shape index (κ3) is 1.73. The molecule has 0 saturated carbocycles. The fourth-order valence-electron chi connectivity index (χ4n) is 2.06. The molecule has 10 heteroatoms. The average Bonchev–Trinajstić information content (AvgIpc) is 2.94. The summed E-state index contributed by atoms with van der Waals surface area (Å²) in [5, 5.41) is 41.8. The molecule has 0 aromatic carbocycles. The highest BCUT2D eigenvalue weighted by Crippen LogP contribution is 2.29. The standard InChI is InChI=1S/C9H11N5O5/c15-2-4-6(16)7(17)9(19-4)14-3-1-10-12-8(18)5(3)11-13-14/h1,4,6-7,9,15-17H,2H2,(H,12,18). The average molecular weight is 269 g/mol. The van der Waals surface area contributed by atoms with E-state index in [1.807, 2.05) is 0 Å². The Hall–Kier alpha value is -1.88. The lowest BCUT2D eigenvalue weighted by Crippen LogP contribution is -2.33. The number of nitrogens with one attached hydrogen (secondary N) is 1. The lowest BCUT2D eigenvalue weighted by Gasteiger charge is -2.14. The number of nitrogens with zero attached hydrogens (tertiary/aromatic N) is 4. The second-order valence-electron chi connectivity index (χ2n) is 4.20. The maximum Gasteiger partial charge on any atom is 0.294 e. The monoisotopic (exact) mass is 269 g/mol. The van der Waals surface area contributed by atoms with Crippen molar-refractivity contribution in [1.82, 2.24) is 25.2 Å². The molecular weight excluding hydrogens is 258 g/mol. The lowest BCUT2D eigenvalue weighted by atomic mass is 10.1. The van der Waals surface area contributed by atoms with E-state index in [1.165, 1.54) is 6.20 Å². The van der Waals surface area contributed by atoms with E-state index in [0.717, 1.165) is 4.68 Å². The van der Waals surface area contributed by atoms with Gasteiger partial charge in [0, 0.05) is 0 Å². The number of hydrogen-bond donors (Lipinski definition) is 4. The molecule has 3 rings (SSSR count). The Morgan fingerprint density at radius 2 is 2.21 bits per heavy atom. The summed E-state index contributed by atoms with van der Waals surface area (Å²) >= 11 is 0. The third-order valence-electron chi connectivity index (χ3n) is 3.06. The molecule has 0 amide bonds. The predicted molar refractivity (Wildman–Crippen MR) is 59.0 cm³/mol. The van der Waals surface area contributed by atoms with E-state index in [4.69, 9.17) is 9.84 Å². The van der Waals surface area contributed by atoms with Crippen LogP contribution >= 0.6 is 0 Å². The van der Waals surface area contributed by atoms with Crippen LogP contribution in [0.4, 0.5) is 0 Å². The van der Waals surface area contributed by atoms with Crippen molar-refractivity contribution in [2.24, 2.45) is 0 Å². The summed E-state index contributed by atoms with van der Waals surface area (Å²) in [4.78, 5) is 11.4. The van der Waals surface area contributed by atoms with Crippen LogP contribution in [0, 0.1) is 0 Å². The molecule has 1 fully saturated rings. The lowest BCUT2D eigenvalue weighted by molar-refractivity contribution is -0.0572. The number of aliphatic hydroxyl groups excluding tert-OH is 3. The normalized spacial score (nSPS) is 31.1. The molecular formula is C9H11N5O5. The molecule has 4 unspecified atom stereocenters. The molecule has 1 saturated heterocycles. The van der Waals surface area contributed by atoms with E-state index >= 15 is 0 Å². The van der Waals surface area contributed by atoms with Gasteiger partial charge in [-0.15, -0.1) is 5.10 Å². The zero-order valence-electron chi connectivity index (χ0n) is 9.54. The molecule has 0 aliphatic carbocycles. The Morgan fingerprint density at radius 1 is 1.42 bits per heavy atom. The van der Waals surface area contributed by atoms with Crippen LogP contribution in [0.2, 0.25) is 0 Å². The van der Waals surface area contributed by atoms with Crippen LogP contribution in [0.1, 0.15) is 6.23 Å². The second-order valence-corrected chi connectivity index (χ2v) is 4.20. The number of H-pyrrole nitrogens is 1. The van der Waals surface area contributed by atoms with Crippen molar-refractivity contribution in [3.05, 3.63) is 16.6 Å². The summed E-state index contributed by atoms with van der Waals surface area (Å²) in [5.74, 6) is 0. The van der Waals surface area contributed by atoms with Gasteiger partial charge in [-0.05, 0) is 0 Å². The van der Waals surface area contributed by atoms with Crippen molar-refractivity contribution >= 4 is 11.0 Å². The summed E-state index contributed by atoms with van der Waals surface area (Å²) in [5.41, 5.74) is -0.207. The van der Waals surface area contributed by atoms with Gasteiger partial charge < -0.3 is 20.1 Å². The molecule has 0 bridgehead atoms. The van der Waals surface area contributed by atoms with Gasteiger partial charge in [-0.1, -0.05) is 5.21 Å². The Morgan fingerprint density at radius 3 is 2.89 bits per heavy atom. The topological polar surface area (TPSA) is 146 Å². The maximum absolute atomic E-state index is 11.4. The van der Waals surface area contributed by atoms with E-state index < -0.39 is 36.7 Å². The fourth-order valence-corrected chi connectivity index (χ4v) is 2.06. The van der Waals surface area contributed by atoms with Gasteiger partial charge in [-0.2, -0.15) is 5.10 Å². The maximum atomic E-state index is 11.4. The van der Waals surface area contributed by atoms with E-state index in [2.05, 4.69) is 20.5 Å². The van der Waals surface area contributed by atoms with E-state index in [0.29, 0.717) is 0 Å². The number of ether oxygens (including phenoxy) is 1. The molecule has 0 spiro atoms. The largest absolute Gasteiger partial charge is 0.394 e. The summed E-state index contributed by atoms with van der Waals surface area (Å²) in [6.07, 6.45) is -3.19. The first-order valence-electron chi connectivity index (χ1n) is 5.54. The quantitative estimate of drug-likeness (QED) is 0.455. The minimum Gasteiger partial charge on any atom is -0.394 e. The number of rotatable bonds is 2. The highest BCUT2D eigenvalue weighted by Gasteiger charge is 2.44. The molecule has 3 heterocycles. The molecule has 4 atom stereocenters. The first-order chi connectivity index (χ1) is 9.13. The molecule has 4 N–H and O–H groups in total. The Bertz CT molecular complexity index is 654. The van der Waals surface area contributed by atoms with Crippen LogP contribution in [0.15, 0.2) is 11.0 Å². The van der Waals surface area contributed by atoms with Crippen LogP contribution < -0.4 is 5.56 Å². The van der Waals surface area contributed by atoms with Gasteiger partial charge in [-0.25, -0.2) is 9.78 Å². The Kier molecular flexibility index (Phi) is 2.78. The van der Waals surface area contributed by atoms with E-state index in [9.17, 15) is 15.0 Å². The van der Waals surface area contributed by atoms with Crippen LogP contribution in [-0.2, 0) is 4.74 Å². The number of aliphatic hydroxyl groups is 3. The van der Waals surface area contributed by atoms with Crippen molar-refractivity contribution < 1.29 is 20.1 Å². The summed E-state index contributed by atoms with van der Waals surface area (Å²) in [6, 6.07) is 0. The van der Waals surface area contributed by atoms with Crippen molar-refractivity contribution in [3.8, 4) is 0 Å². The first kappa shape index (κ1) is 12.2. The van der Waals surface area contributed by atoms with Crippen LogP contribution in [0.5, 0.6) is 0 Å². The Labute approximate surface area is 105 Å². The molecule has 102 valence electrons. The van der Waals surface area contributed by atoms with Crippen molar-refractivity contribution in [2.75, 3.05) is 6.61 Å². The minimum absolute atomic E-state index is 0.0488. The van der Waals surface area contributed by atoms with E-state index in [1.54, 1.807) is 0 Å². The molecule has 1 aliphatic heterocycles. The summed E-state index contributed by atoms with van der Waals surface area (Å²) in [7, 11) is 0. The molecule has 1 aliphatic rings. The van der Waals surface area contributed by atoms with Gasteiger partial charge in [0.15, 0.2) is 11.7 Å². The fraction of sp³-hybridized carbons (Fsp3) is 0.556. The highest BCUT2D eigenvalue weighted by atomic mass is 16.6.